The van der Waals surface area contributed by atoms with Crippen molar-refractivity contribution < 1.29 is 4.74 Å². The Morgan fingerprint density at radius 2 is 1.95 bits per heavy atom. The Labute approximate surface area is 122 Å². The lowest BCUT2D eigenvalue weighted by Crippen LogP contribution is -2.45. The number of ether oxygens (including phenoxy) is 1. The van der Waals surface area contributed by atoms with Gasteiger partial charge in [0.2, 0.25) is 0 Å². The van der Waals surface area contributed by atoms with E-state index >= 15 is 0 Å². The number of likely N-dealkylation sites (N-methyl/N-ethyl adjacent to an activating group) is 1. The Hall–Kier alpha value is -1.10. The van der Waals surface area contributed by atoms with Crippen LogP contribution in [0.4, 0.5) is 0 Å². The third-order valence-electron chi connectivity index (χ3n) is 3.92. The van der Waals surface area contributed by atoms with Crippen molar-refractivity contribution >= 4 is 0 Å². The molecule has 1 atom stereocenters. The molecule has 0 amide bonds. The summed E-state index contributed by atoms with van der Waals surface area (Å²) < 4.78 is 5.95. The predicted octanol–water partition coefficient (Wildman–Crippen LogP) is 1.64. The van der Waals surface area contributed by atoms with Crippen molar-refractivity contribution in [3.63, 3.8) is 0 Å². The molecule has 0 unspecified atom stereocenters. The highest BCUT2D eigenvalue weighted by molar-refractivity contribution is 5.38. The van der Waals surface area contributed by atoms with Crippen molar-refractivity contribution in [2.45, 2.75) is 19.9 Å². The summed E-state index contributed by atoms with van der Waals surface area (Å²) in [5.41, 5.74) is 8.34. The van der Waals surface area contributed by atoms with E-state index in [4.69, 9.17) is 10.5 Å². The summed E-state index contributed by atoms with van der Waals surface area (Å²) in [5, 5.41) is 0. The van der Waals surface area contributed by atoms with E-state index < -0.39 is 0 Å². The zero-order valence-corrected chi connectivity index (χ0v) is 12.9. The van der Waals surface area contributed by atoms with Gasteiger partial charge in [-0.15, -0.1) is 0 Å². The Morgan fingerprint density at radius 3 is 2.60 bits per heavy atom. The number of benzene rings is 1. The van der Waals surface area contributed by atoms with Crippen LogP contribution in [0.5, 0.6) is 5.75 Å². The van der Waals surface area contributed by atoms with Gasteiger partial charge in [0.1, 0.15) is 12.4 Å². The van der Waals surface area contributed by atoms with Crippen LogP contribution in [0.15, 0.2) is 18.2 Å². The van der Waals surface area contributed by atoms with E-state index in [-0.39, 0.29) is 6.04 Å². The molecule has 0 radical (unpaired) electrons. The molecular formula is C16H27N3O. The van der Waals surface area contributed by atoms with Gasteiger partial charge in [0.05, 0.1) is 0 Å². The first-order valence-electron chi connectivity index (χ1n) is 7.46. The summed E-state index contributed by atoms with van der Waals surface area (Å²) in [6, 6.07) is 6.25. The van der Waals surface area contributed by atoms with E-state index in [0.29, 0.717) is 0 Å². The van der Waals surface area contributed by atoms with Crippen LogP contribution in [-0.4, -0.2) is 56.2 Å². The minimum Gasteiger partial charge on any atom is -0.492 e. The van der Waals surface area contributed by atoms with Gasteiger partial charge in [-0.2, -0.15) is 0 Å². The molecule has 0 bridgehead atoms. The third-order valence-corrected chi connectivity index (χ3v) is 3.92. The topological polar surface area (TPSA) is 41.7 Å². The monoisotopic (exact) mass is 277 g/mol. The molecule has 1 aliphatic rings. The highest BCUT2D eigenvalue weighted by Crippen LogP contribution is 2.24. The fourth-order valence-electron chi connectivity index (χ4n) is 2.51. The molecule has 2 rings (SSSR count). The van der Waals surface area contributed by atoms with Crippen molar-refractivity contribution in [1.82, 2.24) is 9.80 Å². The Kier molecular flexibility index (Phi) is 5.40. The summed E-state index contributed by atoms with van der Waals surface area (Å²) in [4.78, 5) is 4.82. The first kappa shape index (κ1) is 15.3. The van der Waals surface area contributed by atoms with Gasteiger partial charge in [0.15, 0.2) is 0 Å². The maximum atomic E-state index is 6.02. The van der Waals surface area contributed by atoms with Crippen LogP contribution in [0.2, 0.25) is 0 Å². The molecule has 1 saturated heterocycles. The van der Waals surface area contributed by atoms with Crippen molar-refractivity contribution in [2.75, 3.05) is 46.4 Å². The van der Waals surface area contributed by atoms with Crippen molar-refractivity contribution in [3.8, 4) is 5.75 Å². The third kappa shape index (κ3) is 4.20. The van der Waals surface area contributed by atoms with Gasteiger partial charge >= 0.3 is 0 Å². The molecule has 0 spiro atoms. The molecule has 1 aromatic rings. The van der Waals surface area contributed by atoms with Crippen LogP contribution in [0.1, 0.15) is 24.1 Å². The Balaban J connectivity index is 1.85. The first-order chi connectivity index (χ1) is 9.56. The quantitative estimate of drug-likeness (QED) is 0.888. The van der Waals surface area contributed by atoms with E-state index in [2.05, 4.69) is 35.9 Å². The highest BCUT2D eigenvalue weighted by Gasteiger charge is 2.14. The lowest BCUT2D eigenvalue weighted by atomic mass is 10.1. The predicted molar refractivity (Wildman–Crippen MR) is 83.2 cm³/mol. The zero-order valence-electron chi connectivity index (χ0n) is 12.9. The van der Waals surface area contributed by atoms with Crippen molar-refractivity contribution in [2.24, 2.45) is 5.73 Å². The van der Waals surface area contributed by atoms with E-state index in [1.807, 2.05) is 13.0 Å². The van der Waals surface area contributed by atoms with E-state index in [0.717, 1.165) is 50.6 Å². The van der Waals surface area contributed by atoms with Gasteiger partial charge in [-0.05, 0) is 27.0 Å². The van der Waals surface area contributed by atoms with Gasteiger partial charge in [-0.25, -0.2) is 0 Å². The number of rotatable bonds is 5. The van der Waals surface area contributed by atoms with Crippen LogP contribution < -0.4 is 10.5 Å². The molecule has 1 aromatic carbocycles. The number of hydrogen-bond acceptors (Lipinski definition) is 4. The Bertz CT molecular complexity index is 426. The summed E-state index contributed by atoms with van der Waals surface area (Å²) in [6.07, 6.45) is 0. The SMILES string of the molecule is Cc1ccc(OCCN2CCN(C)CC2)c([C@H](C)N)c1. The van der Waals surface area contributed by atoms with Crippen molar-refractivity contribution in [3.05, 3.63) is 29.3 Å². The second-order valence-electron chi connectivity index (χ2n) is 5.82. The lowest BCUT2D eigenvalue weighted by molar-refractivity contribution is 0.133. The molecule has 0 saturated carbocycles. The van der Waals surface area contributed by atoms with Gasteiger partial charge < -0.3 is 15.4 Å². The highest BCUT2D eigenvalue weighted by atomic mass is 16.5. The average molecular weight is 277 g/mol. The summed E-state index contributed by atoms with van der Waals surface area (Å²) in [7, 11) is 2.18. The second-order valence-corrected chi connectivity index (χ2v) is 5.82. The number of nitrogens with zero attached hydrogens (tertiary/aromatic N) is 2. The largest absolute Gasteiger partial charge is 0.492 e. The molecule has 1 aliphatic heterocycles. The van der Waals surface area contributed by atoms with Gasteiger partial charge in [0, 0.05) is 44.3 Å². The maximum Gasteiger partial charge on any atom is 0.124 e. The maximum absolute atomic E-state index is 6.02. The molecule has 20 heavy (non-hydrogen) atoms. The van der Waals surface area contributed by atoms with Crippen LogP contribution >= 0.6 is 0 Å². The smallest absolute Gasteiger partial charge is 0.124 e. The number of nitrogens with two attached hydrogens (primary N) is 1. The van der Waals surface area contributed by atoms with Gasteiger partial charge in [-0.1, -0.05) is 17.7 Å². The molecule has 2 N–H and O–H groups in total. The van der Waals surface area contributed by atoms with E-state index in [1.54, 1.807) is 0 Å². The average Bonchev–Trinajstić information content (AvgIpc) is 2.42. The number of hydrogen-bond donors (Lipinski definition) is 1. The van der Waals surface area contributed by atoms with Gasteiger partial charge in [0.25, 0.3) is 0 Å². The minimum absolute atomic E-state index is 0.00790. The first-order valence-corrected chi connectivity index (χ1v) is 7.46. The molecule has 4 heteroatoms. The molecule has 1 fully saturated rings. The molecule has 112 valence electrons. The lowest BCUT2D eigenvalue weighted by Gasteiger charge is -2.32. The van der Waals surface area contributed by atoms with E-state index in [9.17, 15) is 0 Å². The van der Waals surface area contributed by atoms with Crippen LogP contribution in [0, 0.1) is 6.92 Å². The molecule has 0 aliphatic carbocycles. The molecule has 1 heterocycles. The fourth-order valence-corrected chi connectivity index (χ4v) is 2.51. The van der Waals surface area contributed by atoms with Crippen molar-refractivity contribution in [1.29, 1.82) is 0 Å². The fraction of sp³-hybridized carbons (Fsp3) is 0.625. The second kappa shape index (κ2) is 7.07. The van der Waals surface area contributed by atoms with Crippen LogP contribution in [0.25, 0.3) is 0 Å². The zero-order chi connectivity index (χ0) is 14.5. The summed E-state index contributed by atoms with van der Waals surface area (Å²) in [6.45, 7) is 10.4. The molecule has 0 aromatic heterocycles. The van der Waals surface area contributed by atoms with Gasteiger partial charge in [-0.3, -0.25) is 4.90 Å². The standard InChI is InChI=1S/C16H27N3O/c1-13-4-5-16(15(12-13)14(2)17)20-11-10-19-8-6-18(3)7-9-19/h4-5,12,14H,6-11,17H2,1-3H3/t14-/m0/s1. The molecule has 4 nitrogen and oxygen atoms in total. The summed E-state index contributed by atoms with van der Waals surface area (Å²) >= 11 is 0. The number of aryl methyl sites for hydroxylation is 1. The summed E-state index contributed by atoms with van der Waals surface area (Å²) in [5.74, 6) is 0.930. The minimum atomic E-state index is 0.00790. The van der Waals surface area contributed by atoms with Crippen LogP contribution in [0.3, 0.4) is 0 Å². The number of piperazine rings is 1. The van der Waals surface area contributed by atoms with Crippen LogP contribution in [-0.2, 0) is 0 Å². The molecular weight excluding hydrogens is 250 g/mol. The van der Waals surface area contributed by atoms with E-state index in [1.165, 1.54) is 5.56 Å². The normalized spacial score (nSPS) is 19.0. The Morgan fingerprint density at radius 1 is 1.25 bits per heavy atom.